The van der Waals surface area contributed by atoms with Crippen molar-refractivity contribution >= 4 is 5.91 Å². The number of hydrogen-bond acceptors (Lipinski definition) is 4. The van der Waals surface area contributed by atoms with Crippen molar-refractivity contribution in [2.24, 2.45) is 0 Å². The fourth-order valence-electron chi connectivity index (χ4n) is 2.28. The SMILES string of the molecule is CNCC1C(=O)N(C)CCN1Cc1ccncc1. The first-order chi connectivity index (χ1) is 8.72. The highest BCUT2D eigenvalue weighted by Gasteiger charge is 2.32. The highest BCUT2D eigenvalue weighted by Crippen LogP contribution is 2.13. The zero-order chi connectivity index (χ0) is 13.0. The molecule has 0 aromatic carbocycles. The molecule has 0 saturated carbocycles. The van der Waals surface area contributed by atoms with Crippen LogP contribution in [0.2, 0.25) is 0 Å². The van der Waals surface area contributed by atoms with Crippen LogP contribution in [0.4, 0.5) is 0 Å². The molecule has 1 fully saturated rings. The summed E-state index contributed by atoms with van der Waals surface area (Å²) >= 11 is 0. The molecule has 1 aliphatic rings. The first-order valence-electron chi connectivity index (χ1n) is 6.25. The van der Waals surface area contributed by atoms with Crippen molar-refractivity contribution in [3.05, 3.63) is 30.1 Å². The monoisotopic (exact) mass is 248 g/mol. The summed E-state index contributed by atoms with van der Waals surface area (Å²) < 4.78 is 0. The van der Waals surface area contributed by atoms with Gasteiger partial charge in [0, 0.05) is 45.6 Å². The fourth-order valence-corrected chi connectivity index (χ4v) is 2.28. The maximum atomic E-state index is 12.1. The summed E-state index contributed by atoms with van der Waals surface area (Å²) in [6.45, 7) is 3.20. The van der Waals surface area contributed by atoms with Gasteiger partial charge in [0.25, 0.3) is 0 Å². The number of hydrogen-bond donors (Lipinski definition) is 1. The van der Waals surface area contributed by atoms with Gasteiger partial charge >= 0.3 is 0 Å². The van der Waals surface area contributed by atoms with Crippen LogP contribution in [0.3, 0.4) is 0 Å². The standard InChI is InChI=1S/C13H20N4O/c1-14-9-12-13(18)16(2)7-8-17(12)10-11-3-5-15-6-4-11/h3-6,12,14H,7-10H2,1-2H3. The number of rotatable bonds is 4. The van der Waals surface area contributed by atoms with E-state index < -0.39 is 0 Å². The van der Waals surface area contributed by atoms with E-state index >= 15 is 0 Å². The molecule has 1 aliphatic heterocycles. The van der Waals surface area contributed by atoms with Gasteiger partial charge in [0.2, 0.25) is 5.91 Å². The lowest BCUT2D eigenvalue weighted by Gasteiger charge is -2.39. The molecule has 5 heteroatoms. The van der Waals surface area contributed by atoms with Gasteiger partial charge in [-0.3, -0.25) is 14.7 Å². The third kappa shape index (κ3) is 2.86. The van der Waals surface area contributed by atoms with Gasteiger partial charge in [-0.25, -0.2) is 0 Å². The largest absolute Gasteiger partial charge is 0.343 e. The summed E-state index contributed by atoms with van der Waals surface area (Å²) in [5, 5.41) is 3.10. The second-order valence-electron chi connectivity index (χ2n) is 4.66. The minimum absolute atomic E-state index is 0.0677. The van der Waals surface area contributed by atoms with Crippen LogP contribution in [0.25, 0.3) is 0 Å². The Balaban J connectivity index is 2.08. The third-order valence-electron chi connectivity index (χ3n) is 3.36. The van der Waals surface area contributed by atoms with Crippen molar-refractivity contribution in [2.45, 2.75) is 12.6 Å². The zero-order valence-corrected chi connectivity index (χ0v) is 11.0. The highest BCUT2D eigenvalue weighted by atomic mass is 16.2. The summed E-state index contributed by atoms with van der Waals surface area (Å²) in [7, 11) is 3.75. The number of pyridine rings is 1. The van der Waals surface area contributed by atoms with Crippen LogP contribution < -0.4 is 5.32 Å². The average molecular weight is 248 g/mol. The Bertz CT molecular complexity index is 395. The van der Waals surface area contributed by atoms with Gasteiger partial charge < -0.3 is 10.2 Å². The van der Waals surface area contributed by atoms with E-state index in [0.717, 1.165) is 19.6 Å². The van der Waals surface area contributed by atoms with Crippen LogP contribution in [0.15, 0.2) is 24.5 Å². The lowest BCUT2D eigenvalue weighted by molar-refractivity contribution is -0.140. The predicted molar refractivity (Wildman–Crippen MR) is 70.0 cm³/mol. The number of likely N-dealkylation sites (N-methyl/N-ethyl adjacent to an activating group) is 2. The van der Waals surface area contributed by atoms with E-state index in [1.807, 2.05) is 31.1 Å². The Morgan fingerprint density at radius 2 is 2.11 bits per heavy atom. The number of amides is 1. The van der Waals surface area contributed by atoms with Crippen LogP contribution in [0, 0.1) is 0 Å². The summed E-state index contributed by atoms with van der Waals surface area (Å²) in [5.74, 6) is 0.199. The van der Waals surface area contributed by atoms with Gasteiger partial charge in [-0.1, -0.05) is 0 Å². The van der Waals surface area contributed by atoms with Gasteiger partial charge in [0.05, 0.1) is 0 Å². The highest BCUT2D eigenvalue weighted by molar-refractivity contribution is 5.82. The maximum Gasteiger partial charge on any atom is 0.241 e. The van der Waals surface area contributed by atoms with Crippen molar-refractivity contribution < 1.29 is 4.79 Å². The maximum absolute atomic E-state index is 12.1. The molecule has 0 radical (unpaired) electrons. The number of nitrogens with one attached hydrogen (secondary N) is 1. The van der Waals surface area contributed by atoms with Gasteiger partial charge in [0.1, 0.15) is 6.04 Å². The van der Waals surface area contributed by atoms with Crippen LogP contribution in [-0.2, 0) is 11.3 Å². The van der Waals surface area contributed by atoms with Crippen molar-refractivity contribution in [3.63, 3.8) is 0 Å². The van der Waals surface area contributed by atoms with Gasteiger partial charge in [-0.05, 0) is 24.7 Å². The van der Waals surface area contributed by atoms with Gasteiger partial charge in [-0.15, -0.1) is 0 Å². The molecule has 1 atom stereocenters. The predicted octanol–water partition coefficient (Wildman–Crippen LogP) is -0.0564. The summed E-state index contributed by atoms with van der Waals surface area (Å²) in [5.41, 5.74) is 1.20. The molecule has 2 heterocycles. The molecule has 18 heavy (non-hydrogen) atoms. The third-order valence-corrected chi connectivity index (χ3v) is 3.36. The molecule has 1 saturated heterocycles. The Morgan fingerprint density at radius 1 is 1.39 bits per heavy atom. The topological polar surface area (TPSA) is 48.5 Å². The average Bonchev–Trinajstić information content (AvgIpc) is 2.39. The van der Waals surface area contributed by atoms with E-state index in [9.17, 15) is 4.79 Å². The van der Waals surface area contributed by atoms with Crippen LogP contribution in [-0.4, -0.2) is 60.5 Å². The first kappa shape index (κ1) is 13.0. The molecular weight excluding hydrogens is 228 g/mol. The quantitative estimate of drug-likeness (QED) is 0.811. The number of nitrogens with zero attached hydrogens (tertiary/aromatic N) is 3. The second-order valence-corrected chi connectivity index (χ2v) is 4.66. The van der Waals surface area contributed by atoms with E-state index in [1.165, 1.54) is 5.56 Å². The molecule has 1 amide bonds. The summed E-state index contributed by atoms with van der Waals surface area (Å²) in [4.78, 5) is 20.2. The van der Waals surface area contributed by atoms with E-state index in [2.05, 4.69) is 15.2 Å². The Hall–Kier alpha value is -1.46. The van der Waals surface area contributed by atoms with E-state index in [0.29, 0.717) is 6.54 Å². The molecule has 98 valence electrons. The molecular formula is C13H20N4O. The number of aromatic nitrogens is 1. The smallest absolute Gasteiger partial charge is 0.241 e. The summed E-state index contributed by atoms with van der Waals surface area (Å²) in [6.07, 6.45) is 3.58. The zero-order valence-electron chi connectivity index (χ0n) is 11.0. The number of piperazine rings is 1. The normalized spacial score (nSPS) is 21.3. The van der Waals surface area contributed by atoms with E-state index in [-0.39, 0.29) is 11.9 Å². The number of carbonyl (C=O) groups excluding carboxylic acids is 1. The fraction of sp³-hybridized carbons (Fsp3) is 0.538. The first-order valence-corrected chi connectivity index (χ1v) is 6.25. The molecule has 0 bridgehead atoms. The van der Waals surface area contributed by atoms with Crippen LogP contribution in [0.1, 0.15) is 5.56 Å². The molecule has 0 spiro atoms. The minimum atomic E-state index is -0.0677. The molecule has 1 unspecified atom stereocenters. The lowest BCUT2D eigenvalue weighted by Crippen LogP contribution is -2.58. The summed E-state index contributed by atoms with van der Waals surface area (Å²) in [6, 6.07) is 3.93. The van der Waals surface area contributed by atoms with Gasteiger partial charge in [0.15, 0.2) is 0 Å². The van der Waals surface area contributed by atoms with E-state index in [1.54, 1.807) is 12.4 Å². The van der Waals surface area contributed by atoms with E-state index in [4.69, 9.17) is 0 Å². The Labute approximate surface area is 108 Å². The molecule has 2 rings (SSSR count). The molecule has 0 aliphatic carbocycles. The molecule has 1 aromatic rings. The van der Waals surface area contributed by atoms with Crippen molar-refractivity contribution in [1.29, 1.82) is 0 Å². The minimum Gasteiger partial charge on any atom is -0.343 e. The van der Waals surface area contributed by atoms with Crippen LogP contribution >= 0.6 is 0 Å². The van der Waals surface area contributed by atoms with Crippen molar-refractivity contribution in [3.8, 4) is 0 Å². The molecule has 5 nitrogen and oxygen atoms in total. The van der Waals surface area contributed by atoms with Gasteiger partial charge in [-0.2, -0.15) is 0 Å². The Morgan fingerprint density at radius 3 is 2.78 bits per heavy atom. The lowest BCUT2D eigenvalue weighted by atomic mass is 10.1. The molecule has 1 aromatic heterocycles. The molecule has 1 N–H and O–H groups in total. The second kappa shape index (κ2) is 5.93. The van der Waals surface area contributed by atoms with Crippen molar-refractivity contribution in [1.82, 2.24) is 20.1 Å². The number of carbonyl (C=O) groups is 1. The van der Waals surface area contributed by atoms with Crippen molar-refractivity contribution in [2.75, 3.05) is 33.7 Å². The Kier molecular flexibility index (Phi) is 4.28. The van der Waals surface area contributed by atoms with Crippen LogP contribution in [0.5, 0.6) is 0 Å².